The average Bonchev–Trinajstić information content (AvgIpc) is 2.84. The Morgan fingerprint density at radius 1 is 1.56 bits per heavy atom. The molecule has 0 spiro atoms. The summed E-state index contributed by atoms with van der Waals surface area (Å²) in [7, 11) is 0. The van der Waals surface area contributed by atoms with E-state index in [1.54, 1.807) is 4.68 Å². The summed E-state index contributed by atoms with van der Waals surface area (Å²) in [6.07, 6.45) is 4.36. The molecule has 1 fully saturated rings. The summed E-state index contributed by atoms with van der Waals surface area (Å²) in [6.45, 7) is 2.52. The first-order chi connectivity index (χ1) is 7.65. The second kappa shape index (κ2) is 4.15. The van der Waals surface area contributed by atoms with Crippen molar-refractivity contribution in [2.75, 3.05) is 5.73 Å². The highest BCUT2D eigenvalue weighted by Gasteiger charge is 2.29. The lowest BCUT2D eigenvalue weighted by molar-refractivity contribution is 0.0687. The molecule has 1 heterocycles. The normalized spacial score (nSPS) is 16.8. The Balaban J connectivity index is 2.47. The van der Waals surface area contributed by atoms with Crippen LogP contribution in [-0.4, -0.2) is 20.9 Å². The van der Waals surface area contributed by atoms with E-state index in [9.17, 15) is 4.79 Å². The molecule has 1 aromatic rings. The van der Waals surface area contributed by atoms with Crippen molar-refractivity contribution in [3.8, 4) is 0 Å². The van der Waals surface area contributed by atoms with Crippen molar-refractivity contribution in [2.45, 2.75) is 45.1 Å². The van der Waals surface area contributed by atoms with E-state index in [1.807, 2.05) is 6.92 Å². The van der Waals surface area contributed by atoms with E-state index in [-0.39, 0.29) is 11.6 Å². The Bertz CT molecular complexity index is 406. The summed E-state index contributed by atoms with van der Waals surface area (Å²) in [5.74, 6) is -0.154. The largest absolute Gasteiger partial charge is 0.476 e. The summed E-state index contributed by atoms with van der Waals surface area (Å²) < 4.78 is 1.58. The van der Waals surface area contributed by atoms with Gasteiger partial charge in [-0.25, -0.2) is 9.48 Å². The second-order valence-electron chi connectivity index (χ2n) is 4.25. The van der Waals surface area contributed by atoms with Gasteiger partial charge < -0.3 is 10.8 Å². The van der Waals surface area contributed by atoms with E-state index in [0.29, 0.717) is 12.4 Å². The number of nitrogens with two attached hydrogens (primary N) is 1. The van der Waals surface area contributed by atoms with Gasteiger partial charge in [0.15, 0.2) is 5.69 Å². The number of hydrogen-bond acceptors (Lipinski definition) is 3. The van der Waals surface area contributed by atoms with Crippen molar-refractivity contribution in [3.63, 3.8) is 0 Å². The lowest BCUT2D eigenvalue weighted by Gasteiger charge is -2.09. The average molecular weight is 223 g/mol. The Hall–Kier alpha value is -1.52. The van der Waals surface area contributed by atoms with Crippen molar-refractivity contribution >= 4 is 11.8 Å². The van der Waals surface area contributed by atoms with Crippen LogP contribution in [-0.2, 0) is 6.54 Å². The molecule has 0 aliphatic heterocycles. The molecular weight excluding hydrogens is 206 g/mol. The molecule has 0 atom stereocenters. The number of hydrogen-bond donors (Lipinski definition) is 2. The predicted octanol–water partition coefficient (Wildman–Crippen LogP) is 1.84. The van der Waals surface area contributed by atoms with Gasteiger partial charge in [0.05, 0.1) is 0 Å². The minimum atomic E-state index is -0.971. The molecule has 0 aromatic carbocycles. The highest BCUT2D eigenvalue weighted by atomic mass is 16.4. The van der Waals surface area contributed by atoms with Crippen LogP contribution >= 0.6 is 0 Å². The minimum absolute atomic E-state index is 0.145. The zero-order valence-electron chi connectivity index (χ0n) is 9.44. The Morgan fingerprint density at radius 3 is 2.69 bits per heavy atom. The van der Waals surface area contributed by atoms with Gasteiger partial charge in [-0.2, -0.15) is 5.10 Å². The molecule has 5 heteroatoms. The van der Waals surface area contributed by atoms with Gasteiger partial charge in [-0.3, -0.25) is 0 Å². The number of aromatic nitrogens is 2. The molecule has 0 unspecified atom stereocenters. The smallest absolute Gasteiger partial charge is 0.356 e. The Labute approximate surface area is 94.2 Å². The molecule has 88 valence electrons. The first-order valence-corrected chi connectivity index (χ1v) is 5.74. The third kappa shape index (κ3) is 1.66. The first kappa shape index (κ1) is 11.0. The highest BCUT2D eigenvalue weighted by Crippen LogP contribution is 2.38. The van der Waals surface area contributed by atoms with Crippen LogP contribution in [0, 0.1) is 0 Å². The van der Waals surface area contributed by atoms with Gasteiger partial charge >= 0.3 is 5.97 Å². The number of nitrogen functional groups attached to an aromatic ring is 1. The van der Waals surface area contributed by atoms with Gasteiger partial charge in [0, 0.05) is 12.1 Å². The van der Waals surface area contributed by atoms with E-state index in [2.05, 4.69) is 5.10 Å². The van der Waals surface area contributed by atoms with Crippen molar-refractivity contribution < 1.29 is 9.90 Å². The van der Waals surface area contributed by atoms with Crippen LogP contribution in [0.5, 0.6) is 0 Å². The maximum absolute atomic E-state index is 11.1. The molecule has 1 aliphatic rings. The Morgan fingerprint density at radius 2 is 2.19 bits per heavy atom. The van der Waals surface area contributed by atoms with E-state index in [4.69, 9.17) is 10.8 Å². The van der Waals surface area contributed by atoms with Crippen LogP contribution in [0.4, 0.5) is 5.82 Å². The summed E-state index contributed by atoms with van der Waals surface area (Å²) in [5.41, 5.74) is 6.87. The topological polar surface area (TPSA) is 81.1 Å². The third-order valence-electron chi connectivity index (χ3n) is 3.30. The standard InChI is InChI=1S/C11H17N3O2/c1-2-14-10(12)8(7-5-3-4-6-7)9(13-14)11(15)16/h7H,2-6,12H2,1H3,(H,15,16). The molecule has 1 aliphatic carbocycles. The number of anilines is 1. The van der Waals surface area contributed by atoms with Crippen molar-refractivity contribution in [1.29, 1.82) is 0 Å². The van der Waals surface area contributed by atoms with Crippen LogP contribution in [0.1, 0.15) is 54.6 Å². The van der Waals surface area contributed by atoms with Crippen molar-refractivity contribution in [3.05, 3.63) is 11.3 Å². The summed E-state index contributed by atoms with van der Waals surface area (Å²) >= 11 is 0. The van der Waals surface area contributed by atoms with Gasteiger partial charge in [0.1, 0.15) is 5.82 Å². The molecule has 5 nitrogen and oxygen atoms in total. The van der Waals surface area contributed by atoms with E-state index in [1.165, 1.54) is 0 Å². The lowest BCUT2D eigenvalue weighted by Crippen LogP contribution is -2.05. The summed E-state index contributed by atoms with van der Waals surface area (Å²) in [4.78, 5) is 11.1. The molecule has 3 N–H and O–H groups in total. The number of aromatic carboxylic acids is 1. The minimum Gasteiger partial charge on any atom is -0.476 e. The van der Waals surface area contributed by atoms with Gasteiger partial charge in [-0.1, -0.05) is 12.8 Å². The van der Waals surface area contributed by atoms with Gasteiger partial charge in [0.2, 0.25) is 0 Å². The van der Waals surface area contributed by atoms with Crippen LogP contribution < -0.4 is 5.73 Å². The predicted molar refractivity (Wildman–Crippen MR) is 60.5 cm³/mol. The molecule has 0 bridgehead atoms. The Kier molecular flexibility index (Phi) is 2.85. The maximum atomic E-state index is 11.1. The number of nitrogens with zero attached hydrogens (tertiary/aromatic N) is 2. The summed E-state index contributed by atoms with van der Waals surface area (Å²) in [6, 6.07) is 0. The van der Waals surface area contributed by atoms with Gasteiger partial charge in [0.25, 0.3) is 0 Å². The van der Waals surface area contributed by atoms with Gasteiger partial charge in [-0.15, -0.1) is 0 Å². The zero-order chi connectivity index (χ0) is 11.7. The number of aryl methyl sites for hydroxylation is 1. The molecule has 16 heavy (non-hydrogen) atoms. The molecular formula is C11H17N3O2. The quantitative estimate of drug-likeness (QED) is 0.819. The fourth-order valence-corrected chi connectivity index (χ4v) is 2.50. The number of rotatable bonds is 3. The number of carbonyl (C=O) groups is 1. The second-order valence-corrected chi connectivity index (χ2v) is 4.25. The van der Waals surface area contributed by atoms with Crippen LogP contribution in [0.2, 0.25) is 0 Å². The van der Waals surface area contributed by atoms with E-state index < -0.39 is 5.97 Å². The lowest BCUT2D eigenvalue weighted by atomic mass is 9.97. The fraction of sp³-hybridized carbons (Fsp3) is 0.636. The molecule has 0 amide bonds. The SMILES string of the molecule is CCn1nc(C(=O)O)c(C2CCCC2)c1N. The molecule has 1 aromatic heterocycles. The van der Waals surface area contributed by atoms with E-state index in [0.717, 1.165) is 31.2 Å². The van der Waals surface area contributed by atoms with Crippen LogP contribution in [0.25, 0.3) is 0 Å². The molecule has 2 rings (SSSR count). The fourth-order valence-electron chi connectivity index (χ4n) is 2.50. The van der Waals surface area contributed by atoms with E-state index >= 15 is 0 Å². The summed E-state index contributed by atoms with van der Waals surface area (Å²) in [5, 5.41) is 13.2. The highest BCUT2D eigenvalue weighted by molar-refractivity contribution is 5.89. The zero-order valence-corrected chi connectivity index (χ0v) is 9.44. The van der Waals surface area contributed by atoms with Crippen molar-refractivity contribution in [1.82, 2.24) is 9.78 Å². The number of carboxylic acid groups (broad SMARTS) is 1. The van der Waals surface area contributed by atoms with Crippen LogP contribution in [0.3, 0.4) is 0 Å². The number of carboxylic acids is 1. The van der Waals surface area contributed by atoms with Crippen molar-refractivity contribution in [2.24, 2.45) is 0 Å². The molecule has 0 saturated heterocycles. The monoisotopic (exact) mass is 223 g/mol. The van der Waals surface area contributed by atoms with Gasteiger partial charge in [-0.05, 0) is 25.7 Å². The molecule has 1 saturated carbocycles. The first-order valence-electron chi connectivity index (χ1n) is 5.74. The third-order valence-corrected chi connectivity index (χ3v) is 3.30. The maximum Gasteiger partial charge on any atom is 0.356 e. The molecule has 0 radical (unpaired) electrons. The van der Waals surface area contributed by atoms with Crippen LogP contribution in [0.15, 0.2) is 0 Å².